The van der Waals surface area contributed by atoms with E-state index < -0.39 is 0 Å². The van der Waals surface area contributed by atoms with Gasteiger partial charge >= 0.3 is 0 Å². The highest BCUT2D eigenvalue weighted by Gasteiger charge is 2.15. The van der Waals surface area contributed by atoms with E-state index >= 15 is 0 Å². The van der Waals surface area contributed by atoms with Gasteiger partial charge in [-0.1, -0.05) is 0 Å². The third-order valence-corrected chi connectivity index (χ3v) is 1.69. The smallest absolute Gasteiger partial charge is 0.182 e. The zero-order chi connectivity index (χ0) is 7.40. The average Bonchev–Trinajstić information content (AvgIpc) is 1.80. The molecule has 0 aliphatic heterocycles. The zero-order valence-corrected chi connectivity index (χ0v) is 6.09. The summed E-state index contributed by atoms with van der Waals surface area (Å²) in [5.41, 5.74) is 0. The molecule has 1 fully saturated rings. The van der Waals surface area contributed by atoms with Crippen molar-refractivity contribution in [2.24, 2.45) is 4.99 Å². The Morgan fingerprint density at radius 1 is 1.70 bits per heavy atom. The van der Waals surface area contributed by atoms with Crippen molar-refractivity contribution in [2.75, 3.05) is 0 Å². The van der Waals surface area contributed by atoms with Gasteiger partial charge in [-0.2, -0.15) is 5.26 Å². The van der Waals surface area contributed by atoms with Crippen LogP contribution in [0.1, 0.15) is 26.2 Å². The Balaban J connectivity index is 2.30. The maximum absolute atomic E-state index is 8.20. The molecule has 0 bridgehead atoms. The van der Waals surface area contributed by atoms with Crippen LogP contribution in [0.15, 0.2) is 4.99 Å². The molecular formula is C7H11N3. The van der Waals surface area contributed by atoms with Crippen LogP contribution in [0.25, 0.3) is 0 Å². The maximum Gasteiger partial charge on any atom is 0.182 e. The van der Waals surface area contributed by atoms with E-state index in [2.05, 4.69) is 10.3 Å². The van der Waals surface area contributed by atoms with Crippen LogP contribution in [0.3, 0.4) is 0 Å². The molecule has 1 aliphatic rings. The fraction of sp³-hybridized carbons (Fsp3) is 0.714. The third kappa shape index (κ3) is 1.73. The minimum absolute atomic E-state index is 0.487. The van der Waals surface area contributed by atoms with Crippen LogP contribution in [-0.2, 0) is 0 Å². The Labute approximate surface area is 60.8 Å². The summed E-state index contributed by atoms with van der Waals surface area (Å²) in [6, 6.07) is 0.487. The quantitative estimate of drug-likeness (QED) is 0.254. The average molecular weight is 137 g/mol. The van der Waals surface area contributed by atoms with Crippen molar-refractivity contribution in [3.05, 3.63) is 0 Å². The molecule has 0 heterocycles. The van der Waals surface area contributed by atoms with E-state index in [1.807, 2.05) is 13.1 Å². The molecule has 10 heavy (non-hydrogen) atoms. The van der Waals surface area contributed by atoms with Gasteiger partial charge in [0.1, 0.15) is 5.84 Å². The summed E-state index contributed by atoms with van der Waals surface area (Å²) >= 11 is 0. The predicted molar refractivity (Wildman–Crippen MR) is 39.5 cm³/mol. The van der Waals surface area contributed by atoms with Gasteiger partial charge in [-0.05, 0) is 26.2 Å². The van der Waals surface area contributed by atoms with E-state index in [1.54, 1.807) is 0 Å². The van der Waals surface area contributed by atoms with Crippen LogP contribution in [0.4, 0.5) is 0 Å². The van der Waals surface area contributed by atoms with E-state index in [0.29, 0.717) is 6.04 Å². The summed E-state index contributed by atoms with van der Waals surface area (Å²) in [5, 5.41) is 10.7. The minimum atomic E-state index is 0.487. The summed E-state index contributed by atoms with van der Waals surface area (Å²) < 4.78 is 0. The van der Waals surface area contributed by atoms with Crippen LogP contribution in [0, 0.1) is 11.5 Å². The fourth-order valence-electron chi connectivity index (χ4n) is 0.903. The normalized spacial score (nSPS) is 19.4. The lowest BCUT2D eigenvalue weighted by atomic mass is 9.94. The van der Waals surface area contributed by atoms with Crippen molar-refractivity contribution in [3.63, 3.8) is 0 Å². The van der Waals surface area contributed by atoms with Crippen LogP contribution in [0.2, 0.25) is 0 Å². The van der Waals surface area contributed by atoms with Gasteiger partial charge in [0.2, 0.25) is 0 Å². The highest BCUT2D eigenvalue weighted by Crippen LogP contribution is 2.21. The topological polar surface area (TPSA) is 48.2 Å². The molecule has 0 saturated heterocycles. The van der Waals surface area contributed by atoms with Gasteiger partial charge in [0.05, 0.1) is 6.04 Å². The molecule has 1 rings (SSSR count). The second-order valence-electron chi connectivity index (χ2n) is 2.54. The van der Waals surface area contributed by atoms with Gasteiger partial charge in [0.15, 0.2) is 6.19 Å². The van der Waals surface area contributed by atoms with E-state index in [-0.39, 0.29) is 0 Å². The first kappa shape index (κ1) is 7.07. The molecule has 0 aromatic carbocycles. The number of hydrogen-bond acceptors (Lipinski definition) is 2. The van der Waals surface area contributed by atoms with Gasteiger partial charge in [-0.3, -0.25) is 10.3 Å². The molecule has 3 nitrogen and oxygen atoms in total. The minimum Gasteiger partial charge on any atom is -0.281 e. The van der Waals surface area contributed by atoms with Crippen molar-refractivity contribution in [1.29, 1.82) is 5.26 Å². The summed E-state index contributed by atoms with van der Waals surface area (Å²) in [4.78, 5) is 4.26. The van der Waals surface area contributed by atoms with E-state index in [4.69, 9.17) is 5.26 Å². The number of aliphatic imine (C=N–C) groups is 1. The Morgan fingerprint density at radius 2 is 2.40 bits per heavy atom. The molecule has 3 heteroatoms. The molecule has 0 spiro atoms. The first-order chi connectivity index (χ1) is 4.83. The molecule has 54 valence electrons. The van der Waals surface area contributed by atoms with Crippen molar-refractivity contribution < 1.29 is 0 Å². The van der Waals surface area contributed by atoms with E-state index in [9.17, 15) is 0 Å². The van der Waals surface area contributed by atoms with Gasteiger partial charge in [-0.15, -0.1) is 0 Å². The molecule has 0 amide bonds. The van der Waals surface area contributed by atoms with E-state index in [1.165, 1.54) is 19.3 Å². The van der Waals surface area contributed by atoms with Gasteiger partial charge < -0.3 is 0 Å². The zero-order valence-electron chi connectivity index (χ0n) is 6.09. The SMILES string of the molecule is CC(=NC1CCC1)NC#N. The molecule has 1 N–H and O–H groups in total. The lowest BCUT2D eigenvalue weighted by Gasteiger charge is -2.21. The summed E-state index contributed by atoms with van der Waals surface area (Å²) in [6.07, 6.45) is 5.50. The third-order valence-electron chi connectivity index (χ3n) is 1.69. The number of nitriles is 1. The highest BCUT2D eigenvalue weighted by molar-refractivity contribution is 5.81. The van der Waals surface area contributed by atoms with Crippen molar-refractivity contribution in [3.8, 4) is 6.19 Å². The Morgan fingerprint density at radius 3 is 2.80 bits per heavy atom. The molecule has 1 saturated carbocycles. The fourth-order valence-corrected chi connectivity index (χ4v) is 0.903. The van der Waals surface area contributed by atoms with Crippen LogP contribution < -0.4 is 5.32 Å². The van der Waals surface area contributed by atoms with Crippen LogP contribution >= 0.6 is 0 Å². The van der Waals surface area contributed by atoms with Gasteiger partial charge in [-0.25, -0.2) is 0 Å². The Kier molecular flexibility index (Phi) is 2.27. The van der Waals surface area contributed by atoms with E-state index in [0.717, 1.165) is 5.84 Å². The van der Waals surface area contributed by atoms with Gasteiger partial charge in [0, 0.05) is 0 Å². The predicted octanol–water partition coefficient (Wildman–Crippen LogP) is 1.03. The number of amidine groups is 1. The number of nitrogens with one attached hydrogen (secondary N) is 1. The van der Waals surface area contributed by atoms with Crippen LogP contribution in [0.5, 0.6) is 0 Å². The largest absolute Gasteiger partial charge is 0.281 e. The molecule has 0 atom stereocenters. The molecule has 1 aliphatic carbocycles. The standard InChI is InChI=1S/C7H11N3/c1-6(9-5-8)10-7-3-2-4-7/h7H,2-4H2,1H3,(H,9,10). The van der Waals surface area contributed by atoms with Gasteiger partial charge in [0.25, 0.3) is 0 Å². The van der Waals surface area contributed by atoms with Crippen LogP contribution in [-0.4, -0.2) is 11.9 Å². The number of hydrogen-bond donors (Lipinski definition) is 1. The Bertz CT molecular complexity index is 174. The van der Waals surface area contributed by atoms with Crippen molar-refractivity contribution in [2.45, 2.75) is 32.2 Å². The summed E-state index contributed by atoms with van der Waals surface area (Å²) in [6.45, 7) is 1.82. The van der Waals surface area contributed by atoms with Crippen molar-refractivity contribution in [1.82, 2.24) is 5.32 Å². The summed E-state index contributed by atoms with van der Waals surface area (Å²) in [5.74, 6) is 0.743. The molecule has 0 unspecified atom stereocenters. The molecule has 0 aromatic rings. The first-order valence-electron chi connectivity index (χ1n) is 3.52. The lowest BCUT2D eigenvalue weighted by Crippen LogP contribution is -2.21. The molecule has 0 aromatic heterocycles. The molecular weight excluding hydrogens is 126 g/mol. The number of rotatable bonds is 1. The second-order valence-corrected chi connectivity index (χ2v) is 2.54. The molecule has 0 radical (unpaired) electrons. The lowest BCUT2D eigenvalue weighted by molar-refractivity contribution is 0.419. The number of nitrogens with zero attached hydrogens (tertiary/aromatic N) is 2. The second kappa shape index (κ2) is 3.21. The highest BCUT2D eigenvalue weighted by atomic mass is 15.0. The first-order valence-corrected chi connectivity index (χ1v) is 3.52. The van der Waals surface area contributed by atoms with Crippen molar-refractivity contribution >= 4 is 5.84 Å². The maximum atomic E-state index is 8.20. The summed E-state index contributed by atoms with van der Waals surface area (Å²) in [7, 11) is 0. The Hall–Kier alpha value is -1.04. The monoisotopic (exact) mass is 137 g/mol.